The summed E-state index contributed by atoms with van der Waals surface area (Å²) in [6.45, 7) is 10.9. The Morgan fingerprint density at radius 3 is 2.50 bits per heavy atom. The van der Waals surface area contributed by atoms with Gasteiger partial charge in [-0.15, -0.1) is 0 Å². The molecule has 1 amide bonds. The maximum atomic E-state index is 12.3. The summed E-state index contributed by atoms with van der Waals surface area (Å²) in [6, 6.07) is 0. The molecule has 0 unspecified atom stereocenters. The molecule has 1 saturated heterocycles. The van der Waals surface area contributed by atoms with Crippen molar-refractivity contribution < 1.29 is 9.53 Å². The van der Waals surface area contributed by atoms with Crippen molar-refractivity contribution >= 4 is 5.91 Å². The summed E-state index contributed by atoms with van der Waals surface area (Å²) in [5.41, 5.74) is -0.0105. The van der Waals surface area contributed by atoms with Gasteiger partial charge < -0.3 is 9.64 Å². The Hall–Kier alpha value is -0.570. The summed E-state index contributed by atoms with van der Waals surface area (Å²) in [5.74, 6) is 0.273. The topological polar surface area (TPSA) is 29.5 Å². The van der Waals surface area contributed by atoms with Gasteiger partial charge in [-0.3, -0.25) is 4.79 Å². The second-order valence-electron chi connectivity index (χ2n) is 6.27. The standard InChI is InChI=1S/C13H25NO2/c1-12(2)6-8-14(10-12)11(15)13(3,4)7-9-16-5/h6-10H2,1-5H3. The number of hydrogen-bond acceptors (Lipinski definition) is 2. The predicted octanol–water partition coefficient (Wildman–Crippen LogP) is 2.31. The highest BCUT2D eigenvalue weighted by Crippen LogP contribution is 2.33. The van der Waals surface area contributed by atoms with Crippen molar-refractivity contribution in [1.82, 2.24) is 4.90 Å². The normalized spacial score (nSPS) is 20.2. The Morgan fingerprint density at radius 2 is 2.06 bits per heavy atom. The number of likely N-dealkylation sites (tertiary alicyclic amines) is 1. The molecular formula is C13H25NO2. The third-order valence-corrected chi connectivity index (χ3v) is 3.47. The van der Waals surface area contributed by atoms with Crippen LogP contribution in [0.4, 0.5) is 0 Å². The van der Waals surface area contributed by atoms with Gasteiger partial charge in [-0.2, -0.15) is 0 Å². The molecule has 0 aromatic rings. The number of carbonyl (C=O) groups is 1. The van der Waals surface area contributed by atoms with Gasteiger partial charge in [-0.05, 0) is 18.3 Å². The third kappa shape index (κ3) is 3.21. The smallest absolute Gasteiger partial charge is 0.228 e. The zero-order valence-corrected chi connectivity index (χ0v) is 11.3. The largest absolute Gasteiger partial charge is 0.385 e. The van der Waals surface area contributed by atoms with Crippen molar-refractivity contribution in [2.75, 3.05) is 26.8 Å². The van der Waals surface area contributed by atoms with E-state index in [1.165, 1.54) is 0 Å². The van der Waals surface area contributed by atoms with E-state index < -0.39 is 0 Å². The maximum absolute atomic E-state index is 12.3. The first-order chi connectivity index (χ1) is 7.28. The average molecular weight is 227 g/mol. The maximum Gasteiger partial charge on any atom is 0.228 e. The Bertz CT molecular complexity index is 259. The Balaban J connectivity index is 2.57. The fourth-order valence-corrected chi connectivity index (χ4v) is 2.18. The molecular weight excluding hydrogens is 202 g/mol. The lowest BCUT2D eigenvalue weighted by Gasteiger charge is -2.30. The lowest BCUT2D eigenvalue weighted by Crippen LogP contribution is -2.40. The van der Waals surface area contributed by atoms with Crippen molar-refractivity contribution in [3.05, 3.63) is 0 Å². The Labute approximate surface area is 99.1 Å². The van der Waals surface area contributed by atoms with Gasteiger partial charge in [-0.25, -0.2) is 0 Å². The quantitative estimate of drug-likeness (QED) is 0.737. The molecule has 3 nitrogen and oxygen atoms in total. The van der Waals surface area contributed by atoms with E-state index in [4.69, 9.17) is 4.74 Å². The van der Waals surface area contributed by atoms with E-state index in [0.29, 0.717) is 6.61 Å². The van der Waals surface area contributed by atoms with Gasteiger partial charge in [0, 0.05) is 32.2 Å². The van der Waals surface area contributed by atoms with E-state index in [1.54, 1.807) is 7.11 Å². The molecule has 1 heterocycles. The molecule has 0 aromatic heterocycles. The summed E-state index contributed by atoms with van der Waals surface area (Å²) >= 11 is 0. The van der Waals surface area contributed by atoms with Gasteiger partial charge in [0.1, 0.15) is 0 Å². The number of nitrogens with zero attached hydrogens (tertiary/aromatic N) is 1. The fourth-order valence-electron chi connectivity index (χ4n) is 2.18. The van der Waals surface area contributed by atoms with E-state index in [2.05, 4.69) is 13.8 Å². The molecule has 0 aromatic carbocycles. The van der Waals surface area contributed by atoms with Gasteiger partial charge in [0.2, 0.25) is 5.91 Å². The first-order valence-electron chi connectivity index (χ1n) is 6.07. The lowest BCUT2D eigenvalue weighted by atomic mass is 9.87. The molecule has 1 aliphatic heterocycles. The Kier molecular flexibility index (Phi) is 4.00. The molecule has 0 spiro atoms. The second kappa shape index (κ2) is 4.74. The second-order valence-corrected chi connectivity index (χ2v) is 6.27. The minimum Gasteiger partial charge on any atom is -0.385 e. The zero-order chi connectivity index (χ0) is 12.4. The highest BCUT2D eigenvalue weighted by Gasteiger charge is 2.38. The number of methoxy groups -OCH3 is 1. The first-order valence-corrected chi connectivity index (χ1v) is 6.07. The number of ether oxygens (including phenoxy) is 1. The summed E-state index contributed by atoms with van der Waals surface area (Å²) in [4.78, 5) is 14.3. The first kappa shape index (κ1) is 13.5. The van der Waals surface area contributed by atoms with Crippen LogP contribution >= 0.6 is 0 Å². The van der Waals surface area contributed by atoms with E-state index >= 15 is 0 Å². The van der Waals surface area contributed by atoms with Gasteiger partial charge >= 0.3 is 0 Å². The molecule has 0 radical (unpaired) electrons. The van der Waals surface area contributed by atoms with Crippen LogP contribution < -0.4 is 0 Å². The molecule has 0 bridgehead atoms. The third-order valence-electron chi connectivity index (χ3n) is 3.47. The van der Waals surface area contributed by atoms with Crippen LogP contribution in [0.2, 0.25) is 0 Å². The molecule has 0 aliphatic carbocycles. The minimum absolute atomic E-state index is 0.273. The zero-order valence-electron chi connectivity index (χ0n) is 11.3. The molecule has 1 aliphatic rings. The summed E-state index contributed by atoms with van der Waals surface area (Å²) < 4.78 is 5.06. The van der Waals surface area contributed by atoms with E-state index in [-0.39, 0.29) is 16.7 Å². The van der Waals surface area contributed by atoms with Crippen molar-refractivity contribution in [3.8, 4) is 0 Å². The summed E-state index contributed by atoms with van der Waals surface area (Å²) in [7, 11) is 1.68. The minimum atomic E-state index is -0.295. The van der Waals surface area contributed by atoms with Crippen molar-refractivity contribution in [1.29, 1.82) is 0 Å². The van der Waals surface area contributed by atoms with Crippen LogP contribution in [-0.4, -0.2) is 37.6 Å². The molecule has 3 heteroatoms. The number of hydrogen-bond donors (Lipinski definition) is 0. The number of amides is 1. The highest BCUT2D eigenvalue weighted by atomic mass is 16.5. The van der Waals surface area contributed by atoms with Gasteiger partial charge in [0.05, 0.1) is 0 Å². The van der Waals surface area contributed by atoms with Crippen LogP contribution in [0.25, 0.3) is 0 Å². The highest BCUT2D eigenvalue weighted by molar-refractivity contribution is 5.82. The summed E-state index contributed by atoms with van der Waals surface area (Å²) in [5, 5.41) is 0. The fraction of sp³-hybridized carbons (Fsp3) is 0.923. The predicted molar refractivity (Wildman–Crippen MR) is 65.3 cm³/mol. The van der Waals surface area contributed by atoms with E-state index in [1.807, 2.05) is 18.7 Å². The molecule has 16 heavy (non-hydrogen) atoms. The van der Waals surface area contributed by atoms with Crippen molar-refractivity contribution in [3.63, 3.8) is 0 Å². The molecule has 1 fully saturated rings. The van der Waals surface area contributed by atoms with Crippen molar-refractivity contribution in [2.45, 2.75) is 40.5 Å². The van der Waals surface area contributed by atoms with Crippen molar-refractivity contribution in [2.24, 2.45) is 10.8 Å². The molecule has 0 saturated carbocycles. The number of rotatable bonds is 4. The van der Waals surface area contributed by atoms with Crippen LogP contribution in [0.15, 0.2) is 0 Å². The van der Waals surface area contributed by atoms with Crippen LogP contribution in [0, 0.1) is 10.8 Å². The van der Waals surface area contributed by atoms with E-state index in [9.17, 15) is 4.79 Å². The lowest BCUT2D eigenvalue weighted by molar-refractivity contribution is -0.140. The van der Waals surface area contributed by atoms with Gasteiger partial charge in [0.15, 0.2) is 0 Å². The SMILES string of the molecule is COCCC(C)(C)C(=O)N1CCC(C)(C)C1. The van der Waals surface area contributed by atoms with Crippen LogP contribution in [0.3, 0.4) is 0 Å². The summed E-state index contributed by atoms with van der Waals surface area (Å²) in [6.07, 6.45) is 1.90. The van der Waals surface area contributed by atoms with Crippen LogP contribution in [0.1, 0.15) is 40.5 Å². The van der Waals surface area contributed by atoms with Crippen LogP contribution in [0.5, 0.6) is 0 Å². The molecule has 94 valence electrons. The van der Waals surface area contributed by atoms with E-state index in [0.717, 1.165) is 25.9 Å². The van der Waals surface area contributed by atoms with Crippen LogP contribution in [-0.2, 0) is 9.53 Å². The monoisotopic (exact) mass is 227 g/mol. The molecule has 0 N–H and O–H groups in total. The molecule has 0 atom stereocenters. The molecule has 1 rings (SSSR count). The Morgan fingerprint density at radius 1 is 1.44 bits per heavy atom. The number of carbonyl (C=O) groups excluding carboxylic acids is 1. The van der Waals surface area contributed by atoms with Gasteiger partial charge in [-0.1, -0.05) is 27.7 Å². The average Bonchev–Trinajstić information content (AvgIpc) is 2.54. The van der Waals surface area contributed by atoms with Gasteiger partial charge in [0.25, 0.3) is 0 Å².